The lowest BCUT2D eigenvalue weighted by Crippen LogP contribution is -2.17. The summed E-state index contributed by atoms with van der Waals surface area (Å²) in [5.41, 5.74) is 5.05. The summed E-state index contributed by atoms with van der Waals surface area (Å²) >= 11 is 7.43. The van der Waals surface area contributed by atoms with Crippen molar-refractivity contribution in [2.75, 3.05) is 11.1 Å². The number of carbonyl (C=O) groups is 1. The van der Waals surface area contributed by atoms with Crippen LogP contribution in [0.25, 0.3) is 17.1 Å². The number of thioether (sulfide) groups is 1. The van der Waals surface area contributed by atoms with Crippen molar-refractivity contribution in [3.05, 3.63) is 88.9 Å². The van der Waals surface area contributed by atoms with Crippen molar-refractivity contribution in [1.82, 2.24) is 14.8 Å². The van der Waals surface area contributed by atoms with E-state index in [1.54, 1.807) is 0 Å². The summed E-state index contributed by atoms with van der Waals surface area (Å²) in [7, 11) is 0. The van der Waals surface area contributed by atoms with E-state index >= 15 is 0 Å². The number of nitrogens with zero attached hydrogens (tertiary/aromatic N) is 3. The van der Waals surface area contributed by atoms with E-state index in [4.69, 9.17) is 11.6 Å². The average Bonchev–Trinajstić information content (AvgIpc) is 3.28. The topological polar surface area (TPSA) is 59.8 Å². The number of aryl methyl sites for hydroxylation is 2. The zero-order valence-corrected chi connectivity index (χ0v) is 20.2. The maximum absolute atomic E-state index is 12.9. The van der Waals surface area contributed by atoms with Gasteiger partial charge in [-0.2, -0.15) is 0 Å². The fourth-order valence-electron chi connectivity index (χ4n) is 3.67. The molecule has 168 valence electrons. The monoisotopic (exact) mass is 476 g/mol. The number of nitrogens with one attached hydrogen (secondary N) is 1. The number of hydrogen-bond acceptors (Lipinski definition) is 4. The number of carbonyl (C=O) groups excluding carboxylic acids is 1. The van der Waals surface area contributed by atoms with Gasteiger partial charge in [-0.15, -0.1) is 10.2 Å². The van der Waals surface area contributed by atoms with Crippen LogP contribution in [-0.2, 0) is 17.6 Å². The van der Waals surface area contributed by atoms with E-state index in [9.17, 15) is 4.79 Å². The smallest absolute Gasteiger partial charge is 0.234 e. The van der Waals surface area contributed by atoms with Crippen LogP contribution < -0.4 is 5.32 Å². The van der Waals surface area contributed by atoms with Crippen molar-refractivity contribution < 1.29 is 4.79 Å². The molecule has 0 spiro atoms. The minimum atomic E-state index is -0.0637. The molecule has 5 nitrogen and oxygen atoms in total. The third kappa shape index (κ3) is 5.29. The van der Waals surface area contributed by atoms with Gasteiger partial charge in [0.2, 0.25) is 5.91 Å². The maximum Gasteiger partial charge on any atom is 0.234 e. The molecule has 4 aromatic rings. The zero-order valence-electron chi connectivity index (χ0n) is 18.6. The van der Waals surface area contributed by atoms with E-state index in [0.29, 0.717) is 16.0 Å². The van der Waals surface area contributed by atoms with E-state index in [-0.39, 0.29) is 11.7 Å². The molecule has 0 aliphatic heterocycles. The lowest BCUT2D eigenvalue weighted by atomic mass is 10.0. The van der Waals surface area contributed by atoms with Gasteiger partial charge in [-0.25, -0.2) is 0 Å². The van der Waals surface area contributed by atoms with Gasteiger partial charge in [-0.05, 0) is 60.4 Å². The molecule has 0 atom stereocenters. The van der Waals surface area contributed by atoms with Gasteiger partial charge in [0.1, 0.15) is 0 Å². The average molecular weight is 477 g/mol. The minimum absolute atomic E-state index is 0.0637. The molecular formula is C26H25ClN4OS. The van der Waals surface area contributed by atoms with Crippen LogP contribution >= 0.6 is 23.4 Å². The van der Waals surface area contributed by atoms with E-state index in [0.717, 1.165) is 40.9 Å². The van der Waals surface area contributed by atoms with E-state index in [1.165, 1.54) is 11.8 Å². The number of amides is 1. The van der Waals surface area contributed by atoms with Crippen LogP contribution in [0, 0.1) is 0 Å². The normalized spacial score (nSPS) is 10.9. The Morgan fingerprint density at radius 3 is 2.21 bits per heavy atom. The van der Waals surface area contributed by atoms with Gasteiger partial charge in [0.25, 0.3) is 0 Å². The molecular weight excluding hydrogens is 452 g/mol. The Morgan fingerprint density at radius 1 is 0.909 bits per heavy atom. The largest absolute Gasteiger partial charge is 0.325 e. The predicted octanol–water partition coefficient (Wildman–Crippen LogP) is 6.44. The Balaban J connectivity index is 1.59. The number of para-hydroxylation sites is 2. The van der Waals surface area contributed by atoms with Crippen molar-refractivity contribution in [3.63, 3.8) is 0 Å². The molecule has 0 radical (unpaired) electrons. The third-order valence-electron chi connectivity index (χ3n) is 5.35. The molecule has 3 aromatic carbocycles. The number of aromatic nitrogens is 3. The molecule has 1 N–H and O–H groups in total. The Labute approximate surface area is 203 Å². The van der Waals surface area contributed by atoms with Crippen LogP contribution in [0.15, 0.2) is 78.0 Å². The molecule has 1 amide bonds. The molecule has 0 saturated heterocycles. The number of rotatable bonds is 8. The second-order valence-corrected chi connectivity index (χ2v) is 8.86. The van der Waals surface area contributed by atoms with Gasteiger partial charge in [0.15, 0.2) is 11.0 Å². The van der Waals surface area contributed by atoms with Crippen molar-refractivity contribution in [2.24, 2.45) is 0 Å². The highest BCUT2D eigenvalue weighted by atomic mass is 35.5. The van der Waals surface area contributed by atoms with Gasteiger partial charge in [-0.3, -0.25) is 9.36 Å². The molecule has 1 heterocycles. The first-order valence-corrected chi connectivity index (χ1v) is 12.3. The number of benzene rings is 3. The molecule has 0 saturated carbocycles. The summed E-state index contributed by atoms with van der Waals surface area (Å²) in [4.78, 5) is 12.9. The van der Waals surface area contributed by atoms with Crippen LogP contribution in [0.5, 0.6) is 0 Å². The van der Waals surface area contributed by atoms with Gasteiger partial charge in [-0.1, -0.05) is 73.6 Å². The highest BCUT2D eigenvalue weighted by Crippen LogP contribution is 2.29. The molecule has 1 aromatic heterocycles. The second kappa shape index (κ2) is 10.7. The van der Waals surface area contributed by atoms with Crippen LogP contribution in [0.4, 0.5) is 5.69 Å². The third-order valence-corrected chi connectivity index (χ3v) is 6.53. The highest BCUT2D eigenvalue weighted by Gasteiger charge is 2.18. The first kappa shape index (κ1) is 23.1. The lowest BCUT2D eigenvalue weighted by Gasteiger charge is -2.14. The van der Waals surface area contributed by atoms with Crippen LogP contribution in [0.3, 0.4) is 0 Å². The van der Waals surface area contributed by atoms with E-state index in [1.807, 2.05) is 65.2 Å². The van der Waals surface area contributed by atoms with Gasteiger partial charge < -0.3 is 5.32 Å². The molecule has 0 aliphatic rings. The van der Waals surface area contributed by atoms with Crippen molar-refractivity contribution >= 4 is 35.0 Å². The Hall–Kier alpha value is -3.09. The van der Waals surface area contributed by atoms with Gasteiger partial charge in [0.05, 0.1) is 5.75 Å². The zero-order chi connectivity index (χ0) is 23.2. The fourth-order valence-corrected chi connectivity index (χ4v) is 4.55. The molecule has 7 heteroatoms. The minimum Gasteiger partial charge on any atom is -0.325 e. The number of halogens is 1. The first-order chi connectivity index (χ1) is 16.1. The maximum atomic E-state index is 12.9. The molecule has 0 aliphatic carbocycles. The Kier molecular flexibility index (Phi) is 7.47. The highest BCUT2D eigenvalue weighted by molar-refractivity contribution is 7.99. The summed E-state index contributed by atoms with van der Waals surface area (Å²) in [6, 6.07) is 23.6. The summed E-state index contributed by atoms with van der Waals surface area (Å²) in [6.07, 6.45) is 1.73. The Morgan fingerprint density at radius 2 is 1.58 bits per heavy atom. The summed E-state index contributed by atoms with van der Waals surface area (Å²) in [5.74, 6) is 0.865. The molecule has 0 fully saturated rings. The summed E-state index contributed by atoms with van der Waals surface area (Å²) < 4.78 is 1.97. The van der Waals surface area contributed by atoms with Gasteiger partial charge in [0, 0.05) is 22.0 Å². The quantitative estimate of drug-likeness (QED) is 0.297. The van der Waals surface area contributed by atoms with Crippen molar-refractivity contribution in [1.29, 1.82) is 0 Å². The van der Waals surface area contributed by atoms with Gasteiger partial charge >= 0.3 is 0 Å². The lowest BCUT2D eigenvalue weighted by molar-refractivity contribution is -0.113. The van der Waals surface area contributed by atoms with Crippen LogP contribution in [0.2, 0.25) is 5.02 Å². The number of anilines is 1. The SMILES string of the molecule is CCc1cccc(CC)c1NC(=O)CSc1nnc(-c2ccc(Cl)cc2)n1-c1ccccc1. The second-order valence-electron chi connectivity index (χ2n) is 7.48. The molecule has 0 bridgehead atoms. The molecule has 33 heavy (non-hydrogen) atoms. The predicted molar refractivity (Wildman–Crippen MR) is 136 cm³/mol. The van der Waals surface area contributed by atoms with Crippen LogP contribution in [0.1, 0.15) is 25.0 Å². The standard InChI is InChI=1S/C26H25ClN4OS/c1-3-18-9-8-10-19(4-2)24(18)28-23(32)17-33-26-30-29-25(20-13-15-21(27)16-14-20)31(26)22-11-6-5-7-12-22/h5-16H,3-4,17H2,1-2H3,(H,28,32). The van der Waals surface area contributed by atoms with Crippen molar-refractivity contribution in [2.45, 2.75) is 31.8 Å². The first-order valence-electron chi connectivity index (χ1n) is 10.9. The van der Waals surface area contributed by atoms with Crippen molar-refractivity contribution in [3.8, 4) is 17.1 Å². The van der Waals surface area contributed by atoms with E-state index in [2.05, 4.69) is 41.5 Å². The summed E-state index contributed by atoms with van der Waals surface area (Å²) in [6.45, 7) is 4.19. The van der Waals surface area contributed by atoms with E-state index < -0.39 is 0 Å². The fraction of sp³-hybridized carbons (Fsp3) is 0.192. The van der Waals surface area contributed by atoms with Crippen LogP contribution in [-0.4, -0.2) is 26.4 Å². The molecule has 0 unspecified atom stereocenters. The molecule has 4 rings (SSSR count). The number of hydrogen-bond donors (Lipinski definition) is 1. The Bertz CT molecular complexity index is 1220. The summed E-state index contributed by atoms with van der Waals surface area (Å²) in [5, 5.41) is 13.3.